The number of aromatic hydroxyl groups is 1. The molecule has 0 spiro atoms. The molecule has 0 heterocycles. The van der Waals surface area contributed by atoms with Crippen molar-refractivity contribution in [2.45, 2.75) is 24.5 Å². The van der Waals surface area contributed by atoms with Crippen LogP contribution in [0.25, 0.3) is 5.76 Å². The van der Waals surface area contributed by atoms with Gasteiger partial charge in [-0.05, 0) is 44.5 Å². The molecule has 1 aromatic rings. The van der Waals surface area contributed by atoms with E-state index in [0.29, 0.717) is 12.0 Å². The molecule has 7 N–H and O–H groups in total. The first-order valence-electron chi connectivity index (χ1n) is 10.2. The second kappa shape index (κ2) is 7.42. The summed E-state index contributed by atoms with van der Waals surface area (Å²) in [7, 11) is 3.07. The summed E-state index contributed by atoms with van der Waals surface area (Å²) < 4.78 is 0. The number of nitrogens with one attached hydrogen (secondary N) is 1. The molecular weight excluding hydrogens is 434 g/mol. The zero-order chi connectivity index (χ0) is 24.4. The van der Waals surface area contributed by atoms with Crippen molar-refractivity contribution < 1.29 is 39.6 Å². The molecule has 0 aromatic heterocycles. The molecule has 2 amide bonds. The van der Waals surface area contributed by atoms with Crippen LogP contribution in [0.3, 0.4) is 0 Å². The van der Waals surface area contributed by atoms with Gasteiger partial charge in [-0.25, -0.2) is 0 Å². The summed E-state index contributed by atoms with van der Waals surface area (Å²) in [5.74, 6) is -7.16. The summed E-state index contributed by atoms with van der Waals surface area (Å²) in [4.78, 5) is 50.8. The number of carbonyl (C=O) groups excluding carboxylic acids is 4. The second-order valence-electron chi connectivity index (χ2n) is 8.72. The number of benzene rings is 1. The topological polar surface area (TPSA) is 190 Å². The molecule has 2 unspecified atom stereocenters. The number of aliphatic hydroxyl groups is 3. The molecule has 1 saturated carbocycles. The molecule has 3 aliphatic rings. The number of amides is 2. The van der Waals surface area contributed by atoms with Crippen LogP contribution in [0.15, 0.2) is 29.0 Å². The van der Waals surface area contributed by atoms with Gasteiger partial charge < -0.3 is 31.5 Å². The third-order valence-electron chi connectivity index (χ3n) is 6.81. The summed E-state index contributed by atoms with van der Waals surface area (Å²) in [6.45, 7) is 0. The highest BCUT2D eigenvalue weighted by molar-refractivity contribution is 6.24. The molecule has 11 heteroatoms. The number of aliphatic hydroxyl groups excluding tert-OH is 2. The van der Waals surface area contributed by atoms with Gasteiger partial charge in [0.25, 0.3) is 5.91 Å². The Kier molecular flexibility index (Phi) is 5.06. The van der Waals surface area contributed by atoms with Crippen molar-refractivity contribution in [2.24, 2.45) is 17.6 Å². The normalized spacial score (nSPS) is 28.9. The van der Waals surface area contributed by atoms with Gasteiger partial charge in [0.2, 0.25) is 12.2 Å². The first-order chi connectivity index (χ1) is 15.5. The highest BCUT2D eigenvalue weighted by Crippen LogP contribution is 2.53. The Bertz CT molecular complexity index is 1180. The minimum absolute atomic E-state index is 0.00360. The SMILES string of the molecule is CN(C)[C@@H]1C(=O)C(C(N)=O)=C(O)[C@@]2(O)C(=O)C3=C(O)c4c(ccc(NC=O)c4O)CC3CC12. The number of rotatable bonds is 4. The second-order valence-corrected chi connectivity index (χ2v) is 8.72. The fourth-order valence-electron chi connectivity index (χ4n) is 5.40. The van der Waals surface area contributed by atoms with Gasteiger partial charge in [-0.15, -0.1) is 0 Å². The standard InChI is InChI=1S/C22H23N3O8/c1-25(2)15-10-6-9-5-8-3-4-11(24-7-26)16(27)12(8)17(28)13(9)19(30)22(10,33)20(31)14(18(15)29)21(23)32/h3-4,7,9-10,15,27-28,31,33H,5-6H2,1-2H3,(H2,23,32)(H,24,26)/t9?,10?,15-,22-/m0/s1. The van der Waals surface area contributed by atoms with Crippen molar-refractivity contribution in [3.05, 3.63) is 40.2 Å². The number of Topliss-reactive ketones (excluding diaryl/α,β-unsaturated/α-hetero) is 2. The molecule has 4 rings (SSSR count). The van der Waals surface area contributed by atoms with E-state index in [1.807, 2.05) is 0 Å². The lowest BCUT2D eigenvalue weighted by Gasteiger charge is -2.50. The van der Waals surface area contributed by atoms with Gasteiger partial charge in [-0.3, -0.25) is 24.1 Å². The van der Waals surface area contributed by atoms with Crippen LogP contribution in [0, 0.1) is 11.8 Å². The number of nitrogens with zero attached hydrogens (tertiary/aromatic N) is 1. The minimum atomic E-state index is -2.68. The number of fused-ring (bicyclic) bond motifs is 3. The van der Waals surface area contributed by atoms with Crippen LogP contribution >= 0.6 is 0 Å². The number of phenolic OH excluding ortho intramolecular Hbond substituents is 1. The fourth-order valence-corrected chi connectivity index (χ4v) is 5.40. The number of carbonyl (C=O) groups is 4. The Balaban J connectivity index is 1.96. The number of hydrogen-bond donors (Lipinski definition) is 6. The Hall–Kier alpha value is -3.70. The highest BCUT2D eigenvalue weighted by atomic mass is 16.3. The lowest BCUT2D eigenvalue weighted by atomic mass is 9.57. The third-order valence-corrected chi connectivity index (χ3v) is 6.81. The number of ketones is 2. The molecule has 0 radical (unpaired) electrons. The minimum Gasteiger partial charge on any atom is -0.508 e. The van der Waals surface area contributed by atoms with Crippen molar-refractivity contribution in [3.63, 3.8) is 0 Å². The van der Waals surface area contributed by atoms with E-state index < -0.39 is 63.8 Å². The Labute approximate surface area is 187 Å². The van der Waals surface area contributed by atoms with E-state index in [2.05, 4.69) is 5.32 Å². The van der Waals surface area contributed by atoms with E-state index in [-0.39, 0.29) is 29.7 Å². The van der Waals surface area contributed by atoms with E-state index in [4.69, 9.17) is 5.73 Å². The predicted molar refractivity (Wildman–Crippen MR) is 114 cm³/mol. The molecular formula is C22H23N3O8. The van der Waals surface area contributed by atoms with E-state index in [1.54, 1.807) is 6.07 Å². The van der Waals surface area contributed by atoms with Crippen LogP contribution in [-0.4, -0.2) is 74.9 Å². The van der Waals surface area contributed by atoms with Crippen molar-refractivity contribution in [1.29, 1.82) is 0 Å². The largest absolute Gasteiger partial charge is 0.508 e. The number of primary amides is 1. The molecule has 1 aromatic carbocycles. The quantitative estimate of drug-likeness (QED) is 0.197. The average molecular weight is 457 g/mol. The maximum absolute atomic E-state index is 13.6. The number of nitrogens with two attached hydrogens (primary N) is 1. The summed E-state index contributed by atoms with van der Waals surface area (Å²) in [6, 6.07) is 1.90. The summed E-state index contributed by atoms with van der Waals surface area (Å²) in [5.41, 5.74) is 1.89. The van der Waals surface area contributed by atoms with Crippen molar-refractivity contribution >= 4 is 35.3 Å². The molecule has 0 aliphatic heterocycles. The van der Waals surface area contributed by atoms with Gasteiger partial charge in [0.1, 0.15) is 22.8 Å². The van der Waals surface area contributed by atoms with Crippen molar-refractivity contribution in [1.82, 2.24) is 4.90 Å². The Morgan fingerprint density at radius 3 is 2.48 bits per heavy atom. The molecule has 33 heavy (non-hydrogen) atoms. The maximum Gasteiger partial charge on any atom is 0.255 e. The van der Waals surface area contributed by atoms with Gasteiger partial charge in [-0.1, -0.05) is 6.07 Å². The van der Waals surface area contributed by atoms with Gasteiger partial charge >= 0.3 is 0 Å². The first kappa shape index (κ1) is 22.5. The van der Waals surface area contributed by atoms with Crippen LogP contribution in [0.4, 0.5) is 5.69 Å². The zero-order valence-corrected chi connectivity index (χ0v) is 17.8. The van der Waals surface area contributed by atoms with Crippen LogP contribution < -0.4 is 11.1 Å². The van der Waals surface area contributed by atoms with Crippen molar-refractivity contribution in [2.75, 3.05) is 19.4 Å². The molecule has 1 fully saturated rings. The van der Waals surface area contributed by atoms with Gasteiger partial charge in [-0.2, -0.15) is 0 Å². The maximum atomic E-state index is 13.6. The number of anilines is 1. The Morgan fingerprint density at radius 1 is 1.24 bits per heavy atom. The number of hydrogen-bond acceptors (Lipinski definition) is 9. The lowest BCUT2D eigenvalue weighted by Crippen LogP contribution is -2.65. The predicted octanol–water partition coefficient (Wildman–Crippen LogP) is -0.468. The fraction of sp³-hybridized carbons (Fsp3) is 0.364. The average Bonchev–Trinajstić information content (AvgIpc) is 2.72. The van der Waals surface area contributed by atoms with E-state index in [0.717, 1.165) is 0 Å². The van der Waals surface area contributed by atoms with E-state index in [1.165, 1.54) is 25.1 Å². The summed E-state index contributed by atoms with van der Waals surface area (Å²) in [6.07, 6.45) is 0.537. The molecule has 0 saturated heterocycles. The van der Waals surface area contributed by atoms with E-state index in [9.17, 15) is 39.6 Å². The molecule has 174 valence electrons. The smallest absolute Gasteiger partial charge is 0.255 e. The first-order valence-corrected chi connectivity index (χ1v) is 10.2. The number of likely N-dealkylation sites (N-methyl/N-ethyl adjacent to an activating group) is 1. The van der Waals surface area contributed by atoms with E-state index >= 15 is 0 Å². The van der Waals surface area contributed by atoms with Crippen LogP contribution in [0.1, 0.15) is 17.5 Å². The lowest BCUT2D eigenvalue weighted by molar-refractivity contribution is -0.153. The molecule has 0 bridgehead atoms. The van der Waals surface area contributed by atoms with Crippen LogP contribution in [-0.2, 0) is 25.6 Å². The van der Waals surface area contributed by atoms with Gasteiger partial charge in [0.15, 0.2) is 11.4 Å². The third kappa shape index (κ3) is 2.89. The monoisotopic (exact) mass is 457 g/mol. The highest BCUT2D eigenvalue weighted by Gasteiger charge is 2.64. The van der Waals surface area contributed by atoms with Crippen LogP contribution in [0.5, 0.6) is 5.75 Å². The Morgan fingerprint density at radius 2 is 1.91 bits per heavy atom. The molecule has 3 aliphatic carbocycles. The van der Waals surface area contributed by atoms with Crippen molar-refractivity contribution in [3.8, 4) is 5.75 Å². The number of phenols is 1. The summed E-state index contributed by atoms with van der Waals surface area (Å²) >= 11 is 0. The summed E-state index contributed by atoms with van der Waals surface area (Å²) in [5, 5.41) is 46.1. The molecule has 11 nitrogen and oxygen atoms in total. The zero-order valence-electron chi connectivity index (χ0n) is 17.8. The van der Waals surface area contributed by atoms with Gasteiger partial charge in [0.05, 0.1) is 17.3 Å². The molecule has 4 atom stereocenters. The van der Waals surface area contributed by atoms with Gasteiger partial charge in [0, 0.05) is 11.5 Å². The van der Waals surface area contributed by atoms with Crippen LogP contribution in [0.2, 0.25) is 0 Å².